The summed E-state index contributed by atoms with van der Waals surface area (Å²) in [4.78, 5) is 16.9. The van der Waals surface area contributed by atoms with Gasteiger partial charge >= 0.3 is 0 Å². The molecule has 1 amide bonds. The third kappa shape index (κ3) is 4.49. The van der Waals surface area contributed by atoms with Crippen LogP contribution in [0.25, 0.3) is 21.5 Å². The Bertz CT molecular complexity index is 1250. The van der Waals surface area contributed by atoms with Crippen molar-refractivity contribution in [2.75, 3.05) is 12.4 Å². The number of benzene rings is 2. The zero-order valence-electron chi connectivity index (χ0n) is 15.4. The number of hydrogen-bond acceptors (Lipinski definition) is 6. The predicted molar refractivity (Wildman–Crippen MR) is 127 cm³/mol. The first kappa shape index (κ1) is 20.8. The molecule has 0 unspecified atom stereocenters. The van der Waals surface area contributed by atoms with Gasteiger partial charge in [0.2, 0.25) is 0 Å². The standard InChI is InChI=1S/C20H13BrClN3O3S2/c1-27-16-9-17-13(8-12(16)22)23-20(30-17)25-19(29)24-18(26)15-7-6-14(28-15)10-2-4-11(21)5-3-10/h2-9H,1H3,(H2,23,24,25,26,29). The molecule has 152 valence electrons. The Hall–Kier alpha value is -2.46. The molecule has 4 aromatic rings. The van der Waals surface area contributed by atoms with E-state index >= 15 is 0 Å². The van der Waals surface area contributed by atoms with E-state index in [0.717, 1.165) is 14.7 Å². The molecule has 0 aliphatic heterocycles. The van der Waals surface area contributed by atoms with Gasteiger partial charge in [-0.2, -0.15) is 0 Å². The molecule has 0 aliphatic carbocycles. The number of nitrogens with zero attached hydrogens (tertiary/aromatic N) is 1. The van der Waals surface area contributed by atoms with E-state index < -0.39 is 5.91 Å². The molecule has 0 saturated carbocycles. The van der Waals surface area contributed by atoms with Gasteiger partial charge in [0.1, 0.15) is 11.5 Å². The molecule has 4 rings (SSSR count). The molecule has 6 nitrogen and oxygen atoms in total. The van der Waals surface area contributed by atoms with Crippen LogP contribution < -0.4 is 15.4 Å². The number of nitrogens with one attached hydrogen (secondary N) is 2. The Morgan fingerprint density at radius 1 is 1.23 bits per heavy atom. The highest BCUT2D eigenvalue weighted by molar-refractivity contribution is 9.10. The van der Waals surface area contributed by atoms with Gasteiger partial charge in [-0.3, -0.25) is 10.1 Å². The maximum atomic E-state index is 12.5. The normalized spacial score (nSPS) is 10.8. The second-order valence-electron chi connectivity index (χ2n) is 6.05. The van der Waals surface area contributed by atoms with E-state index in [1.165, 1.54) is 11.3 Å². The number of ether oxygens (including phenoxy) is 1. The van der Waals surface area contributed by atoms with Gasteiger partial charge in [0.15, 0.2) is 16.0 Å². The maximum absolute atomic E-state index is 12.5. The molecule has 2 aromatic heterocycles. The van der Waals surface area contributed by atoms with Crippen molar-refractivity contribution in [2.24, 2.45) is 0 Å². The van der Waals surface area contributed by atoms with Crippen LogP contribution in [0.1, 0.15) is 10.6 Å². The van der Waals surface area contributed by atoms with E-state index in [0.29, 0.717) is 27.2 Å². The number of thiazole rings is 1. The first-order chi connectivity index (χ1) is 14.4. The van der Waals surface area contributed by atoms with E-state index in [4.69, 9.17) is 33.0 Å². The summed E-state index contributed by atoms with van der Waals surface area (Å²) in [7, 11) is 1.55. The average Bonchev–Trinajstić information content (AvgIpc) is 3.34. The van der Waals surface area contributed by atoms with Crippen molar-refractivity contribution in [3.05, 3.63) is 63.8 Å². The van der Waals surface area contributed by atoms with Gasteiger partial charge < -0.3 is 14.5 Å². The summed E-state index contributed by atoms with van der Waals surface area (Å²) in [5, 5.41) is 6.61. The van der Waals surface area contributed by atoms with Crippen LogP contribution in [0.3, 0.4) is 0 Å². The largest absolute Gasteiger partial charge is 0.495 e. The zero-order chi connectivity index (χ0) is 21.3. The topological polar surface area (TPSA) is 76.4 Å². The minimum atomic E-state index is -0.457. The number of carbonyl (C=O) groups excluding carboxylic acids is 1. The van der Waals surface area contributed by atoms with Gasteiger partial charge in [0.25, 0.3) is 5.91 Å². The van der Waals surface area contributed by atoms with Crippen LogP contribution in [0.5, 0.6) is 5.75 Å². The molecule has 30 heavy (non-hydrogen) atoms. The van der Waals surface area contributed by atoms with Crippen molar-refractivity contribution in [3.63, 3.8) is 0 Å². The Kier molecular flexibility index (Phi) is 6.05. The van der Waals surface area contributed by atoms with Gasteiger partial charge in [-0.1, -0.05) is 51.0 Å². The van der Waals surface area contributed by atoms with Crippen LogP contribution in [0, 0.1) is 0 Å². The second kappa shape index (κ2) is 8.73. The molecule has 2 N–H and O–H groups in total. The van der Waals surface area contributed by atoms with Crippen LogP contribution in [-0.4, -0.2) is 23.1 Å². The van der Waals surface area contributed by atoms with Crippen LogP contribution in [-0.2, 0) is 0 Å². The summed E-state index contributed by atoms with van der Waals surface area (Å²) in [6, 6.07) is 14.4. The van der Waals surface area contributed by atoms with Crippen molar-refractivity contribution in [1.29, 1.82) is 0 Å². The van der Waals surface area contributed by atoms with E-state index in [2.05, 4.69) is 31.5 Å². The zero-order valence-corrected chi connectivity index (χ0v) is 19.3. The van der Waals surface area contributed by atoms with E-state index in [1.54, 1.807) is 31.4 Å². The quantitative estimate of drug-likeness (QED) is 0.315. The number of halogens is 2. The molecule has 0 radical (unpaired) electrons. The van der Waals surface area contributed by atoms with Crippen molar-refractivity contribution in [3.8, 4) is 17.1 Å². The second-order valence-corrected chi connectivity index (χ2v) is 8.81. The number of furan rings is 1. The van der Waals surface area contributed by atoms with Crippen LogP contribution in [0.2, 0.25) is 5.02 Å². The summed E-state index contributed by atoms with van der Waals surface area (Å²) < 4.78 is 12.7. The highest BCUT2D eigenvalue weighted by Crippen LogP contribution is 2.34. The summed E-state index contributed by atoms with van der Waals surface area (Å²) >= 11 is 16.1. The minimum absolute atomic E-state index is 0.110. The smallest absolute Gasteiger partial charge is 0.293 e. The lowest BCUT2D eigenvalue weighted by atomic mass is 10.2. The minimum Gasteiger partial charge on any atom is -0.495 e. The molecule has 0 atom stereocenters. The van der Waals surface area contributed by atoms with Crippen LogP contribution in [0.4, 0.5) is 5.13 Å². The van der Waals surface area contributed by atoms with Crippen LogP contribution >= 0.6 is 51.1 Å². The molecule has 2 aromatic carbocycles. The monoisotopic (exact) mass is 521 g/mol. The first-order valence-corrected chi connectivity index (χ1v) is 10.9. The van der Waals surface area contributed by atoms with Gasteiger partial charge in [0.05, 0.1) is 22.3 Å². The van der Waals surface area contributed by atoms with E-state index in [-0.39, 0.29) is 10.9 Å². The lowest BCUT2D eigenvalue weighted by molar-refractivity contribution is 0.0951. The number of hydrogen-bond donors (Lipinski definition) is 2. The summed E-state index contributed by atoms with van der Waals surface area (Å²) in [6.45, 7) is 0. The fourth-order valence-electron chi connectivity index (χ4n) is 2.66. The third-order valence-corrected chi connectivity index (χ3v) is 6.03. The Morgan fingerprint density at radius 2 is 2.00 bits per heavy atom. The number of carbonyl (C=O) groups is 1. The number of fused-ring (bicyclic) bond motifs is 1. The average molecular weight is 523 g/mol. The third-order valence-electron chi connectivity index (χ3n) is 4.07. The number of anilines is 1. The molecule has 0 saturated heterocycles. The van der Waals surface area contributed by atoms with Gasteiger partial charge in [-0.15, -0.1) is 0 Å². The molecule has 0 fully saturated rings. The van der Waals surface area contributed by atoms with Crippen LogP contribution in [0.15, 0.2) is 57.4 Å². The Labute approximate surface area is 194 Å². The molecule has 10 heteroatoms. The fourth-order valence-corrected chi connectivity index (χ4v) is 4.30. The molecule has 0 aliphatic rings. The number of amides is 1. The van der Waals surface area contributed by atoms with Gasteiger partial charge in [-0.05, 0) is 42.5 Å². The molecule has 0 spiro atoms. The molecular formula is C20H13BrClN3O3S2. The fraction of sp³-hybridized carbons (Fsp3) is 0.0500. The van der Waals surface area contributed by atoms with Gasteiger partial charge in [0, 0.05) is 16.1 Å². The van der Waals surface area contributed by atoms with Crippen molar-refractivity contribution in [2.45, 2.75) is 0 Å². The highest BCUT2D eigenvalue weighted by atomic mass is 79.9. The van der Waals surface area contributed by atoms with E-state index in [1.807, 2.05) is 24.3 Å². The summed E-state index contributed by atoms with van der Waals surface area (Å²) in [5.74, 6) is 0.845. The molecule has 0 bridgehead atoms. The number of rotatable bonds is 4. The van der Waals surface area contributed by atoms with Crippen molar-refractivity contribution < 1.29 is 13.9 Å². The van der Waals surface area contributed by atoms with Crippen molar-refractivity contribution in [1.82, 2.24) is 10.3 Å². The highest BCUT2D eigenvalue weighted by Gasteiger charge is 2.15. The number of methoxy groups -OCH3 is 1. The molecule has 2 heterocycles. The number of aromatic nitrogens is 1. The lowest BCUT2D eigenvalue weighted by Crippen LogP contribution is -2.33. The molecular weight excluding hydrogens is 510 g/mol. The number of thiocarbonyl (C=S) groups is 1. The SMILES string of the molecule is COc1cc2sc(NC(=S)NC(=O)c3ccc(-c4ccc(Br)cc4)o3)nc2cc1Cl. The van der Waals surface area contributed by atoms with Crippen molar-refractivity contribution >= 4 is 77.5 Å². The Morgan fingerprint density at radius 3 is 2.73 bits per heavy atom. The summed E-state index contributed by atoms with van der Waals surface area (Å²) in [6.07, 6.45) is 0. The summed E-state index contributed by atoms with van der Waals surface area (Å²) in [5.41, 5.74) is 1.56. The maximum Gasteiger partial charge on any atom is 0.293 e. The van der Waals surface area contributed by atoms with E-state index in [9.17, 15) is 4.79 Å². The lowest BCUT2D eigenvalue weighted by Gasteiger charge is -2.05. The van der Waals surface area contributed by atoms with Gasteiger partial charge in [-0.25, -0.2) is 4.98 Å². The Balaban J connectivity index is 1.43. The first-order valence-electron chi connectivity index (χ1n) is 8.55. The predicted octanol–water partition coefficient (Wildman–Crippen LogP) is 6.11.